The summed E-state index contributed by atoms with van der Waals surface area (Å²) in [5.74, 6) is -0.474. The number of amides is 1. The summed E-state index contributed by atoms with van der Waals surface area (Å²) in [4.78, 5) is 24.9. The Morgan fingerprint density at radius 3 is 1.64 bits per heavy atom. The van der Waals surface area contributed by atoms with Gasteiger partial charge in [0.05, 0.1) is 0 Å². The van der Waals surface area contributed by atoms with Gasteiger partial charge in [0.2, 0.25) is 8.24 Å². The van der Waals surface area contributed by atoms with Crippen LogP contribution in [0.15, 0.2) is 60.7 Å². The number of hydrogen-bond acceptors (Lipinski definition) is 3. The lowest BCUT2D eigenvalue weighted by Gasteiger charge is -2.49. The highest BCUT2D eigenvalue weighted by Crippen LogP contribution is 2.41. The molecule has 2 aromatic carbocycles. The van der Waals surface area contributed by atoms with E-state index in [4.69, 9.17) is 4.74 Å². The molecule has 5 heteroatoms. The number of carbonyl (C=O) groups excluding carboxylic acids is 2. The normalized spacial score (nSPS) is 18.4. The molecule has 0 saturated carbocycles. The SMILES string of the molecule is CC1C(=O)OC(=O)N1[Si](c1ccccc1)(c1ccccc1)C(C)(C)C. The van der Waals surface area contributed by atoms with Gasteiger partial charge in [-0.25, -0.2) is 9.59 Å². The first-order valence-electron chi connectivity index (χ1n) is 8.46. The van der Waals surface area contributed by atoms with Crippen molar-refractivity contribution in [1.29, 1.82) is 0 Å². The van der Waals surface area contributed by atoms with Crippen molar-refractivity contribution in [1.82, 2.24) is 4.57 Å². The Morgan fingerprint density at radius 2 is 1.32 bits per heavy atom. The largest absolute Gasteiger partial charge is 0.410 e. The molecule has 0 spiro atoms. The molecular formula is C20H23NO3Si. The quantitative estimate of drug-likeness (QED) is 0.484. The highest BCUT2D eigenvalue weighted by Gasteiger charge is 2.60. The summed E-state index contributed by atoms with van der Waals surface area (Å²) in [6.07, 6.45) is -0.535. The third-order valence-electron chi connectivity index (χ3n) is 4.94. The molecule has 3 rings (SSSR count). The van der Waals surface area contributed by atoms with Crippen molar-refractivity contribution in [3.8, 4) is 0 Å². The first-order chi connectivity index (χ1) is 11.8. The predicted molar refractivity (Wildman–Crippen MR) is 100 cm³/mol. The molecule has 1 heterocycles. The molecule has 1 unspecified atom stereocenters. The van der Waals surface area contributed by atoms with Gasteiger partial charge in [-0.2, -0.15) is 0 Å². The fraction of sp³-hybridized carbons (Fsp3) is 0.300. The molecule has 1 atom stereocenters. The highest BCUT2D eigenvalue weighted by atomic mass is 28.3. The van der Waals surface area contributed by atoms with Crippen LogP contribution in [0.4, 0.5) is 4.79 Å². The smallest absolute Gasteiger partial charge is 0.375 e. The van der Waals surface area contributed by atoms with Crippen LogP contribution >= 0.6 is 0 Å². The van der Waals surface area contributed by atoms with Gasteiger partial charge in [-0.15, -0.1) is 0 Å². The number of carbonyl (C=O) groups is 2. The average molecular weight is 353 g/mol. The van der Waals surface area contributed by atoms with Crippen LogP contribution in [0.25, 0.3) is 0 Å². The molecule has 4 nitrogen and oxygen atoms in total. The highest BCUT2D eigenvalue weighted by molar-refractivity contribution is 7.03. The monoisotopic (exact) mass is 353 g/mol. The molecule has 130 valence electrons. The zero-order valence-electron chi connectivity index (χ0n) is 15.0. The summed E-state index contributed by atoms with van der Waals surface area (Å²) < 4.78 is 6.75. The lowest BCUT2D eigenvalue weighted by Crippen LogP contribution is -2.76. The Kier molecular flexibility index (Phi) is 4.29. The van der Waals surface area contributed by atoms with E-state index in [1.807, 2.05) is 36.4 Å². The zero-order chi connectivity index (χ0) is 18.2. The molecule has 1 saturated heterocycles. The standard InChI is InChI=1S/C20H23NO3Si/c1-15-18(22)24-19(23)21(15)25(20(2,3)4,16-11-7-5-8-12-16)17-13-9-6-10-14-17/h5-15H,1-4H3. The van der Waals surface area contributed by atoms with Crippen molar-refractivity contribution in [2.24, 2.45) is 0 Å². The summed E-state index contributed by atoms with van der Waals surface area (Å²) >= 11 is 0. The maximum atomic E-state index is 12.8. The molecule has 1 aliphatic heterocycles. The molecule has 0 radical (unpaired) electrons. The number of benzene rings is 2. The van der Waals surface area contributed by atoms with Gasteiger partial charge in [0.1, 0.15) is 6.04 Å². The van der Waals surface area contributed by atoms with Crippen molar-refractivity contribution >= 4 is 30.7 Å². The fourth-order valence-electron chi connectivity index (χ4n) is 3.94. The van der Waals surface area contributed by atoms with Crippen molar-refractivity contribution in [3.05, 3.63) is 60.7 Å². The number of nitrogens with zero attached hydrogens (tertiary/aromatic N) is 1. The predicted octanol–water partition coefficient (Wildman–Crippen LogP) is 2.91. The van der Waals surface area contributed by atoms with E-state index in [9.17, 15) is 9.59 Å². The van der Waals surface area contributed by atoms with E-state index in [-0.39, 0.29) is 5.04 Å². The summed E-state index contributed by atoms with van der Waals surface area (Å²) in [5.41, 5.74) is 0. The van der Waals surface area contributed by atoms with E-state index >= 15 is 0 Å². The van der Waals surface area contributed by atoms with Crippen molar-refractivity contribution < 1.29 is 14.3 Å². The molecule has 0 aromatic heterocycles. The average Bonchev–Trinajstić information content (AvgIpc) is 2.83. The third-order valence-corrected chi connectivity index (χ3v) is 10.7. The fourth-order valence-corrected chi connectivity index (χ4v) is 9.64. The van der Waals surface area contributed by atoms with Gasteiger partial charge >= 0.3 is 12.1 Å². The molecule has 0 aliphatic carbocycles. The third kappa shape index (κ3) is 2.59. The van der Waals surface area contributed by atoms with Gasteiger partial charge in [-0.3, -0.25) is 0 Å². The van der Waals surface area contributed by atoms with Crippen molar-refractivity contribution in [2.45, 2.75) is 38.8 Å². The number of hydrogen-bond donors (Lipinski definition) is 0. The molecule has 1 amide bonds. The Balaban J connectivity index is 2.38. The number of esters is 1. The minimum Gasteiger partial charge on any atom is -0.375 e. The maximum Gasteiger partial charge on any atom is 0.410 e. The van der Waals surface area contributed by atoms with E-state index in [0.29, 0.717) is 0 Å². The Hall–Kier alpha value is -2.40. The van der Waals surface area contributed by atoms with E-state index in [2.05, 4.69) is 45.0 Å². The number of cyclic esters (lactones) is 2. The minimum absolute atomic E-state index is 0.256. The number of rotatable bonds is 3. The second-order valence-electron chi connectivity index (χ2n) is 7.43. The lowest BCUT2D eigenvalue weighted by molar-refractivity contribution is -0.135. The molecule has 25 heavy (non-hydrogen) atoms. The van der Waals surface area contributed by atoms with Crippen molar-refractivity contribution in [2.75, 3.05) is 0 Å². The Bertz CT molecular complexity index is 744. The minimum atomic E-state index is -2.85. The van der Waals surface area contributed by atoms with Crippen LogP contribution in [-0.2, 0) is 9.53 Å². The molecule has 2 aromatic rings. The molecule has 0 bridgehead atoms. The molecule has 1 aliphatic rings. The summed E-state index contributed by atoms with van der Waals surface area (Å²) in [5, 5.41) is 1.92. The molecular weight excluding hydrogens is 330 g/mol. The van der Waals surface area contributed by atoms with E-state index < -0.39 is 26.3 Å². The maximum absolute atomic E-state index is 12.8. The topological polar surface area (TPSA) is 46.6 Å². The van der Waals surface area contributed by atoms with Crippen LogP contribution in [0.1, 0.15) is 27.7 Å². The molecule has 1 fully saturated rings. The van der Waals surface area contributed by atoms with Crippen LogP contribution in [0.2, 0.25) is 5.04 Å². The van der Waals surface area contributed by atoms with Gasteiger partial charge in [-0.1, -0.05) is 81.4 Å². The first kappa shape index (κ1) is 17.4. The van der Waals surface area contributed by atoms with Crippen LogP contribution in [0, 0.1) is 0 Å². The second-order valence-corrected chi connectivity index (χ2v) is 12.0. The van der Waals surface area contributed by atoms with Gasteiger partial charge in [0, 0.05) is 0 Å². The van der Waals surface area contributed by atoms with E-state index in [0.717, 1.165) is 10.4 Å². The van der Waals surface area contributed by atoms with Gasteiger partial charge in [0.15, 0.2) is 0 Å². The zero-order valence-corrected chi connectivity index (χ0v) is 16.0. The Labute approximate surface area is 149 Å². The van der Waals surface area contributed by atoms with Crippen molar-refractivity contribution in [3.63, 3.8) is 0 Å². The van der Waals surface area contributed by atoms with E-state index in [1.54, 1.807) is 11.5 Å². The number of ether oxygens (including phenoxy) is 1. The van der Waals surface area contributed by atoms with Crippen LogP contribution in [-0.4, -0.2) is 30.9 Å². The van der Waals surface area contributed by atoms with Gasteiger partial charge < -0.3 is 9.30 Å². The Morgan fingerprint density at radius 1 is 0.880 bits per heavy atom. The lowest BCUT2D eigenvalue weighted by atomic mass is 10.2. The summed E-state index contributed by atoms with van der Waals surface area (Å²) in [6, 6.07) is 19.5. The molecule has 0 N–H and O–H groups in total. The van der Waals surface area contributed by atoms with Crippen LogP contribution in [0.3, 0.4) is 0 Å². The first-order valence-corrected chi connectivity index (χ1v) is 10.4. The van der Waals surface area contributed by atoms with Crippen LogP contribution < -0.4 is 10.4 Å². The van der Waals surface area contributed by atoms with E-state index in [1.165, 1.54) is 0 Å². The van der Waals surface area contributed by atoms with Gasteiger partial charge in [-0.05, 0) is 22.3 Å². The summed E-state index contributed by atoms with van der Waals surface area (Å²) in [7, 11) is -2.85. The summed E-state index contributed by atoms with van der Waals surface area (Å²) in [6.45, 7) is 8.18. The van der Waals surface area contributed by atoms with Gasteiger partial charge in [0.25, 0.3) is 0 Å². The second kappa shape index (κ2) is 6.15. The van der Waals surface area contributed by atoms with Crippen LogP contribution in [0.5, 0.6) is 0 Å².